The quantitative estimate of drug-likeness (QED) is 0.236. The number of hydrogen-bond acceptors (Lipinski definition) is 1. The number of fused-ring (bicyclic) bond motifs is 1. The monoisotopic (exact) mass is 521 g/mol. The van der Waals surface area contributed by atoms with Gasteiger partial charge in [-0.15, -0.1) is 0 Å². The first-order valence-electron chi connectivity index (χ1n) is 12.6. The lowest BCUT2D eigenvalue weighted by atomic mass is 9.94. The van der Waals surface area contributed by atoms with Crippen molar-refractivity contribution in [2.45, 2.75) is 31.6 Å². The smallest absolute Gasteiger partial charge is 0.0979 e. The molecule has 5 aromatic carbocycles. The van der Waals surface area contributed by atoms with E-state index in [9.17, 15) is 4.21 Å². The molecule has 0 bridgehead atoms. The maximum Gasteiger partial charge on any atom is 0.0979 e. The van der Waals surface area contributed by atoms with E-state index >= 15 is 0 Å². The van der Waals surface area contributed by atoms with Gasteiger partial charge in [0, 0.05) is 0 Å². The van der Waals surface area contributed by atoms with Gasteiger partial charge in [0.15, 0.2) is 0 Å². The minimum absolute atomic E-state index is 0.236. The number of hydrogen-bond donors (Lipinski definition) is 1. The lowest BCUT2D eigenvalue weighted by molar-refractivity contribution is 0.624. The molecule has 0 aliphatic rings. The molecule has 0 aliphatic heterocycles. The molecular formula is C33H32NOPS. The summed E-state index contributed by atoms with van der Waals surface area (Å²) < 4.78 is 16.7. The zero-order valence-corrected chi connectivity index (χ0v) is 23.2. The normalized spacial score (nSPS) is 13.5. The summed E-state index contributed by atoms with van der Waals surface area (Å²) in [6, 6.07) is 44.8. The van der Waals surface area contributed by atoms with Crippen molar-refractivity contribution in [2.24, 2.45) is 0 Å². The first kappa shape index (κ1) is 25.5. The Kier molecular flexibility index (Phi) is 7.67. The van der Waals surface area contributed by atoms with Gasteiger partial charge >= 0.3 is 0 Å². The molecule has 0 radical (unpaired) electrons. The predicted molar refractivity (Wildman–Crippen MR) is 162 cm³/mol. The van der Waals surface area contributed by atoms with Crippen molar-refractivity contribution in [2.75, 3.05) is 0 Å². The van der Waals surface area contributed by atoms with Crippen LogP contribution in [0, 0.1) is 0 Å². The molecule has 1 N–H and O–H groups in total. The Hall–Kier alpha value is -3.10. The molecule has 0 aromatic heterocycles. The van der Waals surface area contributed by atoms with Crippen LogP contribution in [0.5, 0.6) is 0 Å². The molecule has 0 spiro atoms. The van der Waals surface area contributed by atoms with Gasteiger partial charge < -0.3 is 0 Å². The van der Waals surface area contributed by atoms with Crippen molar-refractivity contribution in [3.05, 3.63) is 139 Å². The second kappa shape index (κ2) is 11.1. The van der Waals surface area contributed by atoms with Crippen LogP contribution in [0.3, 0.4) is 0 Å². The Labute approximate surface area is 224 Å². The minimum atomic E-state index is -1.26. The number of rotatable bonds is 7. The summed E-state index contributed by atoms with van der Waals surface area (Å²) in [5.41, 5.74) is 2.30. The summed E-state index contributed by atoms with van der Waals surface area (Å²) in [6.45, 7) is 6.05. The third kappa shape index (κ3) is 5.60. The highest BCUT2D eigenvalue weighted by Gasteiger charge is 2.29. The molecule has 5 aromatic rings. The van der Waals surface area contributed by atoms with Crippen LogP contribution in [0.4, 0.5) is 0 Å². The van der Waals surface area contributed by atoms with Gasteiger partial charge in [0.2, 0.25) is 0 Å². The van der Waals surface area contributed by atoms with E-state index in [-0.39, 0.29) is 6.04 Å². The summed E-state index contributed by atoms with van der Waals surface area (Å²) in [5, 5.41) is 6.21. The first-order chi connectivity index (χ1) is 17.9. The SMILES string of the molecule is CC(C)(C)[S@](=O)N[C@@H](c1ccccc1P(c1ccccc1)c1ccccc1)c1cccc2ccccc12. The summed E-state index contributed by atoms with van der Waals surface area (Å²) in [4.78, 5) is 0. The van der Waals surface area contributed by atoms with Crippen LogP contribution < -0.4 is 20.6 Å². The molecule has 37 heavy (non-hydrogen) atoms. The molecule has 2 nitrogen and oxygen atoms in total. The van der Waals surface area contributed by atoms with Crippen molar-refractivity contribution in [1.82, 2.24) is 4.72 Å². The number of benzene rings is 5. The van der Waals surface area contributed by atoms with Crippen LogP contribution >= 0.6 is 7.92 Å². The zero-order chi connectivity index (χ0) is 25.8. The second-order valence-electron chi connectivity index (χ2n) is 10.1. The van der Waals surface area contributed by atoms with Crippen LogP contribution in [0.1, 0.15) is 37.9 Å². The van der Waals surface area contributed by atoms with Gasteiger partial charge in [-0.05, 0) is 66.5 Å². The summed E-state index contributed by atoms with van der Waals surface area (Å²) in [5.74, 6) is 0. The Morgan fingerprint density at radius 3 is 1.78 bits per heavy atom. The molecule has 2 atom stereocenters. The van der Waals surface area contributed by atoms with Crippen LogP contribution in [-0.2, 0) is 11.0 Å². The van der Waals surface area contributed by atoms with Gasteiger partial charge in [0.05, 0.1) is 21.8 Å². The van der Waals surface area contributed by atoms with Crippen LogP contribution in [0.2, 0.25) is 0 Å². The molecule has 4 heteroatoms. The van der Waals surface area contributed by atoms with Crippen molar-refractivity contribution in [3.8, 4) is 0 Å². The van der Waals surface area contributed by atoms with Crippen LogP contribution in [0.15, 0.2) is 127 Å². The molecule has 186 valence electrons. The zero-order valence-electron chi connectivity index (χ0n) is 21.5. The van der Waals surface area contributed by atoms with Gasteiger partial charge in [0.25, 0.3) is 0 Å². The Morgan fingerprint density at radius 1 is 0.622 bits per heavy atom. The lowest BCUT2D eigenvalue weighted by Crippen LogP contribution is -2.38. The van der Waals surface area contributed by atoms with Crippen LogP contribution in [-0.4, -0.2) is 8.96 Å². The Morgan fingerprint density at radius 2 is 1.14 bits per heavy atom. The van der Waals surface area contributed by atoms with Crippen LogP contribution in [0.25, 0.3) is 10.8 Å². The average molecular weight is 522 g/mol. The van der Waals surface area contributed by atoms with E-state index in [2.05, 4.69) is 132 Å². The molecule has 0 heterocycles. The van der Waals surface area contributed by atoms with Gasteiger partial charge in [-0.2, -0.15) is 0 Å². The molecule has 5 rings (SSSR count). The predicted octanol–water partition coefficient (Wildman–Crippen LogP) is 6.74. The highest BCUT2D eigenvalue weighted by molar-refractivity contribution is 7.84. The molecular weight excluding hydrogens is 489 g/mol. The van der Waals surface area contributed by atoms with Gasteiger partial charge in [0.1, 0.15) is 0 Å². The lowest BCUT2D eigenvalue weighted by Gasteiger charge is -2.30. The Bertz CT molecular complexity index is 1470. The van der Waals surface area contributed by atoms with E-state index in [1.807, 2.05) is 20.8 Å². The fraction of sp³-hybridized carbons (Fsp3) is 0.152. The van der Waals surface area contributed by atoms with Crippen molar-refractivity contribution < 1.29 is 4.21 Å². The molecule has 0 amide bonds. The van der Waals surface area contributed by atoms with Gasteiger partial charge in [-0.1, -0.05) is 127 Å². The van der Waals surface area contributed by atoms with E-state index in [1.165, 1.54) is 26.7 Å². The van der Waals surface area contributed by atoms with E-state index in [0.29, 0.717) is 0 Å². The number of nitrogens with one attached hydrogen (secondary N) is 1. The van der Waals surface area contributed by atoms with E-state index in [0.717, 1.165) is 11.1 Å². The van der Waals surface area contributed by atoms with Crippen molar-refractivity contribution in [3.63, 3.8) is 0 Å². The maximum atomic E-state index is 13.6. The standard InChI is InChI=1S/C33H32NOPS/c1-33(2,3)37(35)34-32(29-23-14-16-25-15-10-11-21-28(25)29)30-22-12-13-24-31(30)36(26-17-6-4-7-18-26)27-19-8-5-9-20-27/h4-24,32,34H,1-3H3/t32-,37+/m1/s1. The maximum absolute atomic E-state index is 13.6. The highest BCUT2D eigenvalue weighted by atomic mass is 32.2. The molecule has 0 unspecified atom stereocenters. The van der Waals surface area contributed by atoms with Gasteiger partial charge in [-0.25, -0.2) is 8.93 Å². The molecule has 0 saturated carbocycles. The topological polar surface area (TPSA) is 29.1 Å². The summed E-state index contributed by atoms with van der Waals surface area (Å²) in [7, 11) is -2.09. The summed E-state index contributed by atoms with van der Waals surface area (Å²) in [6.07, 6.45) is 0. The molecule has 0 fully saturated rings. The largest absolute Gasteiger partial charge is 0.242 e. The highest BCUT2D eigenvalue weighted by Crippen LogP contribution is 2.38. The minimum Gasteiger partial charge on any atom is -0.242 e. The van der Waals surface area contributed by atoms with E-state index in [4.69, 9.17) is 0 Å². The van der Waals surface area contributed by atoms with Crippen molar-refractivity contribution >= 4 is 45.6 Å². The average Bonchev–Trinajstić information content (AvgIpc) is 2.93. The molecule has 0 saturated heterocycles. The first-order valence-corrected chi connectivity index (χ1v) is 15.1. The van der Waals surface area contributed by atoms with Crippen molar-refractivity contribution in [1.29, 1.82) is 0 Å². The van der Waals surface area contributed by atoms with E-state index in [1.54, 1.807) is 0 Å². The third-order valence-corrected chi connectivity index (χ3v) is 10.5. The Balaban J connectivity index is 1.75. The van der Waals surface area contributed by atoms with E-state index < -0.39 is 23.7 Å². The summed E-state index contributed by atoms with van der Waals surface area (Å²) >= 11 is 0. The fourth-order valence-corrected chi connectivity index (χ4v) is 7.91. The molecule has 0 aliphatic carbocycles. The third-order valence-electron chi connectivity index (χ3n) is 6.43. The van der Waals surface area contributed by atoms with Gasteiger partial charge in [-0.3, -0.25) is 0 Å². The second-order valence-corrected chi connectivity index (χ2v) is 14.2. The fourth-order valence-electron chi connectivity index (χ4n) is 4.60.